The second-order valence-corrected chi connectivity index (χ2v) is 11.0. The Morgan fingerprint density at radius 3 is 2.57 bits per heavy atom. The van der Waals surface area contributed by atoms with E-state index in [0.29, 0.717) is 36.0 Å². The summed E-state index contributed by atoms with van der Waals surface area (Å²) in [6.07, 6.45) is 12.4. The third-order valence-corrected chi connectivity index (χ3v) is 8.68. The molecule has 0 unspecified atom stereocenters. The van der Waals surface area contributed by atoms with Gasteiger partial charge in [0.05, 0.1) is 18.3 Å². The van der Waals surface area contributed by atoms with Gasteiger partial charge in [0.2, 0.25) is 0 Å². The maximum atomic E-state index is 10.3. The molecule has 3 aliphatic carbocycles. The summed E-state index contributed by atoms with van der Waals surface area (Å²) in [6, 6.07) is 0. The normalized spacial score (nSPS) is 39.5. The standard InChI is InChI=1S/C27H44O3/c1-17(2)25(29)13-8-18(3)23-11-12-24-20(7-6-14-27(23,24)5)9-10-21-15-22(28)16-26(30)19(21)4/h9-10,17-18,22-26,28-30H,4,6-8,11-16H2,1-3,5H3/b20-9+,21-10-/t18-,22+,23-,24+,25-,26-,27-/m1/s1. The predicted octanol–water partition coefficient (Wildman–Crippen LogP) is 5.56. The Kier molecular flexibility index (Phi) is 7.69. The van der Waals surface area contributed by atoms with Crippen molar-refractivity contribution in [3.8, 4) is 0 Å². The van der Waals surface area contributed by atoms with Crippen molar-refractivity contribution in [2.75, 3.05) is 0 Å². The maximum absolute atomic E-state index is 10.3. The zero-order valence-electron chi connectivity index (χ0n) is 19.6. The summed E-state index contributed by atoms with van der Waals surface area (Å²) in [5.74, 6) is 2.35. The molecule has 3 rings (SSSR count). The van der Waals surface area contributed by atoms with Crippen molar-refractivity contribution in [1.82, 2.24) is 0 Å². The molecule has 0 bridgehead atoms. The first kappa shape index (κ1) is 23.8. The van der Waals surface area contributed by atoms with Crippen LogP contribution in [-0.4, -0.2) is 33.6 Å². The van der Waals surface area contributed by atoms with Crippen LogP contribution in [0.3, 0.4) is 0 Å². The molecule has 3 aliphatic rings. The van der Waals surface area contributed by atoms with Gasteiger partial charge in [-0.15, -0.1) is 0 Å². The highest BCUT2D eigenvalue weighted by Gasteiger charge is 2.50. The third-order valence-electron chi connectivity index (χ3n) is 8.68. The van der Waals surface area contributed by atoms with Crippen molar-refractivity contribution in [2.45, 2.75) is 104 Å². The maximum Gasteiger partial charge on any atom is 0.0811 e. The number of allylic oxidation sites excluding steroid dienone is 3. The quantitative estimate of drug-likeness (QED) is 0.531. The van der Waals surface area contributed by atoms with Crippen LogP contribution in [0.4, 0.5) is 0 Å². The van der Waals surface area contributed by atoms with Crippen LogP contribution in [0.1, 0.15) is 85.5 Å². The molecule has 3 heteroatoms. The molecule has 3 fully saturated rings. The highest BCUT2D eigenvalue weighted by molar-refractivity contribution is 5.38. The van der Waals surface area contributed by atoms with Gasteiger partial charge in [-0.05, 0) is 91.6 Å². The lowest BCUT2D eigenvalue weighted by molar-refractivity contribution is 0.0717. The molecule has 0 radical (unpaired) electrons. The van der Waals surface area contributed by atoms with Gasteiger partial charge in [0.15, 0.2) is 0 Å². The van der Waals surface area contributed by atoms with Gasteiger partial charge < -0.3 is 15.3 Å². The van der Waals surface area contributed by atoms with Crippen molar-refractivity contribution in [3.63, 3.8) is 0 Å². The molecular formula is C27H44O3. The first-order valence-corrected chi connectivity index (χ1v) is 12.3. The fraction of sp³-hybridized carbons (Fsp3) is 0.778. The molecule has 0 aliphatic heterocycles. The lowest BCUT2D eigenvalue weighted by atomic mass is 9.60. The molecule has 30 heavy (non-hydrogen) atoms. The topological polar surface area (TPSA) is 60.7 Å². The molecule has 3 nitrogen and oxygen atoms in total. The van der Waals surface area contributed by atoms with Crippen LogP contribution < -0.4 is 0 Å². The van der Waals surface area contributed by atoms with Crippen LogP contribution in [0.25, 0.3) is 0 Å². The molecule has 0 aromatic rings. The predicted molar refractivity (Wildman–Crippen MR) is 124 cm³/mol. The van der Waals surface area contributed by atoms with Gasteiger partial charge in [-0.2, -0.15) is 0 Å². The first-order valence-electron chi connectivity index (χ1n) is 12.3. The fourth-order valence-electron chi connectivity index (χ4n) is 6.65. The van der Waals surface area contributed by atoms with Crippen molar-refractivity contribution in [2.24, 2.45) is 29.1 Å². The lowest BCUT2D eigenvalue weighted by Crippen LogP contribution is -2.36. The van der Waals surface area contributed by atoms with E-state index in [1.54, 1.807) is 5.57 Å². The molecule has 0 aromatic heterocycles. The molecule has 0 spiro atoms. The van der Waals surface area contributed by atoms with E-state index in [0.717, 1.165) is 36.3 Å². The molecule has 3 saturated carbocycles. The number of aliphatic hydroxyl groups is 3. The Balaban J connectivity index is 1.72. The summed E-state index contributed by atoms with van der Waals surface area (Å²) < 4.78 is 0. The second kappa shape index (κ2) is 9.71. The molecule has 0 amide bonds. The van der Waals surface area contributed by atoms with Gasteiger partial charge in [0.25, 0.3) is 0 Å². The molecule has 170 valence electrons. The van der Waals surface area contributed by atoms with Crippen molar-refractivity contribution >= 4 is 0 Å². The van der Waals surface area contributed by atoms with Crippen molar-refractivity contribution < 1.29 is 15.3 Å². The summed E-state index contributed by atoms with van der Waals surface area (Å²) in [6.45, 7) is 13.2. The summed E-state index contributed by atoms with van der Waals surface area (Å²) in [5, 5.41) is 30.4. The van der Waals surface area contributed by atoms with Gasteiger partial charge in [0.1, 0.15) is 0 Å². The zero-order chi connectivity index (χ0) is 22.1. The second-order valence-electron chi connectivity index (χ2n) is 11.0. The average molecular weight is 417 g/mol. The van der Waals surface area contributed by atoms with Crippen LogP contribution in [-0.2, 0) is 0 Å². The molecule has 3 N–H and O–H groups in total. The number of hydrogen-bond donors (Lipinski definition) is 3. The Morgan fingerprint density at radius 1 is 1.13 bits per heavy atom. The van der Waals surface area contributed by atoms with E-state index in [1.807, 2.05) is 0 Å². The van der Waals surface area contributed by atoms with Crippen molar-refractivity contribution in [3.05, 3.63) is 35.5 Å². The van der Waals surface area contributed by atoms with E-state index in [-0.39, 0.29) is 6.10 Å². The summed E-state index contributed by atoms with van der Waals surface area (Å²) in [4.78, 5) is 0. The summed E-state index contributed by atoms with van der Waals surface area (Å²) in [5.41, 5.74) is 3.69. The van der Waals surface area contributed by atoms with Crippen LogP contribution in [0.2, 0.25) is 0 Å². The number of rotatable bonds is 6. The van der Waals surface area contributed by atoms with E-state index >= 15 is 0 Å². The van der Waals surface area contributed by atoms with Gasteiger partial charge >= 0.3 is 0 Å². The Labute approximate surface area is 184 Å². The average Bonchev–Trinajstić information content (AvgIpc) is 3.04. The van der Waals surface area contributed by atoms with Crippen LogP contribution in [0.15, 0.2) is 35.5 Å². The molecule has 0 aromatic carbocycles. The lowest BCUT2D eigenvalue weighted by Gasteiger charge is -2.44. The molecule has 0 heterocycles. The van der Waals surface area contributed by atoms with Gasteiger partial charge in [-0.1, -0.05) is 52.0 Å². The smallest absolute Gasteiger partial charge is 0.0811 e. The molecule has 0 saturated heterocycles. The number of hydrogen-bond acceptors (Lipinski definition) is 3. The van der Waals surface area contributed by atoms with Gasteiger partial charge in [-0.25, -0.2) is 0 Å². The molecular weight excluding hydrogens is 372 g/mol. The highest BCUT2D eigenvalue weighted by atomic mass is 16.3. The van der Waals surface area contributed by atoms with E-state index in [2.05, 4.69) is 46.4 Å². The minimum Gasteiger partial charge on any atom is -0.393 e. The SMILES string of the molecule is C=C1/C(=C\C=C2/CCC[C@]3(C)[C@@H]([C@H](C)CC[C@@H](O)C(C)C)CC[C@@H]23)C[C@H](O)C[C@H]1O. The Hall–Kier alpha value is -0.900. The first-order chi connectivity index (χ1) is 14.1. The highest BCUT2D eigenvalue weighted by Crippen LogP contribution is 2.60. The van der Waals surface area contributed by atoms with Crippen LogP contribution in [0.5, 0.6) is 0 Å². The van der Waals surface area contributed by atoms with Crippen LogP contribution in [0, 0.1) is 29.1 Å². The van der Waals surface area contributed by atoms with E-state index in [4.69, 9.17) is 0 Å². The minimum absolute atomic E-state index is 0.180. The largest absolute Gasteiger partial charge is 0.393 e. The summed E-state index contributed by atoms with van der Waals surface area (Å²) >= 11 is 0. The Morgan fingerprint density at radius 2 is 1.87 bits per heavy atom. The summed E-state index contributed by atoms with van der Waals surface area (Å²) in [7, 11) is 0. The van der Waals surface area contributed by atoms with Gasteiger partial charge in [-0.3, -0.25) is 0 Å². The van der Waals surface area contributed by atoms with Crippen molar-refractivity contribution in [1.29, 1.82) is 0 Å². The third kappa shape index (κ3) is 4.95. The van der Waals surface area contributed by atoms with E-state index < -0.39 is 12.2 Å². The van der Waals surface area contributed by atoms with E-state index in [9.17, 15) is 15.3 Å². The fourth-order valence-corrected chi connectivity index (χ4v) is 6.65. The Bertz CT molecular complexity index is 676. The monoisotopic (exact) mass is 416 g/mol. The van der Waals surface area contributed by atoms with E-state index in [1.165, 1.54) is 25.7 Å². The number of aliphatic hydroxyl groups excluding tert-OH is 3. The molecule has 7 atom stereocenters. The number of fused-ring (bicyclic) bond motifs is 1. The van der Waals surface area contributed by atoms with Gasteiger partial charge in [0, 0.05) is 6.42 Å². The zero-order valence-corrected chi connectivity index (χ0v) is 19.6. The minimum atomic E-state index is -0.618. The van der Waals surface area contributed by atoms with Crippen LogP contribution >= 0.6 is 0 Å².